The molecule has 0 radical (unpaired) electrons. The van der Waals surface area contributed by atoms with Crippen molar-refractivity contribution in [1.82, 2.24) is 0 Å². The topological polar surface area (TPSA) is 65.1 Å². The number of hydrogen-bond donors (Lipinski definition) is 0. The van der Waals surface area contributed by atoms with Gasteiger partial charge in [0.1, 0.15) is 11.5 Å². The van der Waals surface area contributed by atoms with E-state index >= 15 is 0 Å². The van der Waals surface area contributed by atoms with Gasteiger partial charge in [0.25, 0.3) is 0 Å². The van der Waals surface area contributed by atoms with E-state index in [1.807, 2.05) is 31.2 Å². The number of aryl methyl sites for hydroxylation is 1. The normalized spacial score (nSPS) is 13.9. The summed E-state index contributed by atoms with van der Waals surface area (Å²) in [7, 11) is 0. The molecule has 0 fully saturated rings. The summed E-state index contributed by atoms with van der Waals surface area (Å²) < 4.78 is 16.4. The maximum atomic E-state index is 12.9. The molecule has 0 unspecified atom stereocenters. The Morgan fingerprint density at radius 3 is 2.42 bits per heavy atom. The number of fused-ring (bicyclic) bond motifs is 1. The summed E-state index contributed by atoms with van der Waals surface area (Å²) in [5.41, 5.74) is 3.28. The minimum absolute atomic E-state index is 0.161. The summed E-state index contributed by atoms with van der Waals surface area (Å²) in [6.45, 7) is 11.3. The lowest BCUT2D eigenvalue weighted by molar-refractivity contribution is -0.149. The van der Waals surface area contributed by atoms with Crippen LogP contribution in [0, 0.1) is 6.92 Å². The van der Waals surface area contributed by atoms with Crippen LogP contribution in [-0.4, -0.2) is 37.6 Å². The van der Waals surface area contributed by atoms with Crippen molar-refractivity contribution in [3.63, 3.8) is 0 Å². The molecule has 0 atom stereocenters. The second kappa shape index (κ2) is 9.69. The lowest BCUT2D eigenvalue weighted by Gasteiger charge is -2.20. The molecule has 6 nitrogen and oxygen atoms in total. The first-order valence-electron chi connectivity index (χ1n) is 10.6. The molecule has 0 amide bonds. The Hall–Kier alpha value is -3.28. The number of anilines is 1. The Bertz CT molecular complexity index is 988. The SMILES string of the molecule is CCN(CC)c1ccc(/C=C2\Oc3cc(OCC(=O)OC(C)C)cc(C)c3C2=O)cc1. The van der Waals surface area contributed by atoms with Crippen molar-refractivity contribution in [2.75, 3.05) is 24.6 Å². The first-order chi connectivity index (χ1) is 14.8. The van der Waals surface area contributed by atoms with Crippen molar-refractivity contribution >= 4 is 23.5 Å². The van der Waals surface area contributed by atoms with E-state index in [0.717, 1.165) is 29.9 Å². The predicted octanol–water partition coefficient (Wildman–Crippen LogP) is 4.79. The molecule has 1 aliphatic rings. The number of benzene rings is 2. The molecule has 0 spiro atoms. The van der Waals surface area contributed by atoms with Crippen LogP contribution < -0.4 is 14.4 Å². The van der Waals surface area contributed by atoms with E-state index in [-0.39, 0.29) is 24.3 Å². The maximum absolute atomic E-state index is 12.9. The third kappa shape index (κ3) is 5.26. The van der Waals surface area contributed by atoms with Crippen molar-refractivity contribution < 1.29 is 23.8 Å². The zero-order chi connectivity index (χ0) is 22.5. The van der Waals surface area contributed by atoms with Crippen LogP contribution in [0.25, 0.3) is 6.08 Å². The Morgan fingerprint density at radius 2 is 1.81 bits per heavy atom. The number of carbonyl (C=O) groups excluding carboxylic acids is 2. The van der Waals surface area contributed by atoms with Crippen molar-refractivity contribution in [3.05, 3.63) is 58.8 Å². The molecule has 0 N–H and O–H groups in total. The smallest absolute Gasteiger partial charge is 0.344 e. The van der Waals surface area contributed by atoms with Gasteiger partial charge in [-0.15, -0.1) is 0 Å². The van der Waals surface area contributed by atoms with Crippen LogP contribution in [0.1, 0.15) is 49.2 Å². The van der Waals surface area contributed by atoms with Gasteiger partial charge in [0.2, 0.25) is 5.78 Å². The largest absolute Gasteiger partial charge is 0.482 e. The average molecular weight is 424 g/mol. The summed E-state index contributed by atoms with van der Waals surface area (Å²) >= 11 is 0. The first-order valence-corrected chi connectivity index (χ1v) is 10.6. The van der Waals surface area contributed by atoms with E-state index < -0.39 is 5.97 Å². The fourth-order valence-electron chi connectivity index (χ4n) is 3.52. The van der Waals surface area contributed by atoms with E-state index in [1.54, 1.807) is 32.1 Å². The summed E-state index contributed by atoms with van der Waals surface area (Å²) in [6, 6.07) is 11.4. The molecule has 0 aliphatic carbocycles. The number of carbonyl (C=O) groups is 2. The molecule has 6 heteroatoms. The highest BCUT2D eigenvalue weighted by atomic mass is 16.6. The zero-order valence-corrected chi connectivity index (χ0v) is 18.7. The molecule has 3 rings (SSSR count). The number of allylic oxidation sites excluding steroid dienone is 1. The number of ketones is 1. The van der Waals surface area contributed by atoms with Gasteiger partial charge in [-0.25, -0.2) is 4.79 Å². The minimum Gasteiger partial charge on any atom is -0.482 e. The highest BCUT2D eigenvalue weighted by Gasteiger charge is 2.30. The monoisotopic (exact) mass is 423 g/mol. The highest BCUT2D eigenvalue weighted by Crippen LogP contribution is 2.37. The van der Waals surface area contributed by atoms with Crippen molar-refractivity contribution in [1.29, 1.82) is 0 Å². The van der Waals surface area contributed by atoms with Crippen molar-refractivity contribution in [3.8, 4) is 11.5 Å². The molecule has 0 bridgehead atoms. The fraction of sp³-hybridized carbons (Fsp3) is 0.360. The van der Waals surface area contributed by atoms with Crippen molar-refractivity contribution in [2.45, 2.75) is 40.7 Å². The fourth-order valence-corrected chi connectivity index (χ4v) is 3.52. The lowest BCUT2D eigenvalue weighted by atomic mass is 10.0. The Morgan fingerprint density at radius 1 is 1.13 bits per heavy atom. The van der Waals surface area contributed by atoms with Gasteiger partial charge < -0.3 is 19.1 Å². The molecule has 164 valence electrons. The number of nitrogens with zero attached hydrogens (tertiary/aromatic N) is 1. The van der Waals surface area contributed by atoms with Gasteiger partial charge in [0, 0.05) is 24.8 Å². The summed E-state index contributed by atoms with van der Waals surface area (Å²) in [5, 5.41) is 0. The van der Waals surface area contributed by atoms with E-state index in [9.17, 15) is 9.59 Å². The second-order valence-electron chi connectivity index (χ2n) is 7.64. The average Bonchev–Trinajstić information content (AvgIpc) is 3.04. The van der Waals surface area contributed by atoms with E-state index in [1.165, 1.54) is 0 Å². The molecule has 0 aromatic heterocycles. The van der Waals surface area contributed by atoms with Crippen LogP contribution in [0.2, 0.25) is 0 Å². The summed E-state index contributed by atoms with van der Waals surface area (Å²) in [5.74, 6) is 0.549. The molecule has 2 aromatic rings. The molecule has 2 aromatic carbocycles. The zero-order valence-electron chi connectivity index (χ0n) is 18.7. The van der Waals surface area contributed by atoms with Crippen LogP contribution in [-0.2, 0) is 9.53 Å². The van der Waals surface area contributed by atoms with Crippen LogP contribution in [0.5, 0.6) is 11.5 Å². The minimum atomic E-state index is -0.445. The van der Waals surface area contributed by atoms with Gasteiger partial charge in [0.15, 0.2) is 12.4 Å². The third-order valence-corrected chi connectivity index (χ3v) is 4.99. The molecule has 1 heterocycles. The van der Waals surface area contributed by atoms with E-state index in [2.05, 4.69) is 18.7 Å². The highest BCUT2D eigenvalue weighted by molar-refractivity contribution is 6.15. The van der Waals surface area contributed by atoms with Gasteiger partial charge in [0.05, 0.1) is 11.7 Å². The van der Waals surface area contributed by atoms with E-state index in [4.69, 9.17) is 14.2 Å². The van der Waals surface area contributed by atoms with Crippen LogP contribution >= 0.6 is 0 Å². The van der Waals surface area contributed by atoms with Gasteiger partial charge in [-0.1, -0.05) is 12.1 Å². The maximum Gasteiger partial charge on any atom is 0.344 e. The molecular formula is C25H29NO5. The number of hydrogen-bond acceptors (Lipinski definition) is 6. The number of Topliss-reactive ketones (excluding diaryl/α,β-unsaturated/α-hetero) is 1. The molecule has 31 heavy (non-hydrogen) atoms. The van der Waals surface area contributed by atoms with Crippen LogP contribution in [0.3, 0.4) is 0 Å². The molecule has 0 saturated carbocycles. The number of rotatable bonds is 8. The first kappa shape index (κ1) is 22.4. The Labute approximate surface area is 183 Å². The van der Waals surface area contributed by atoms with Gasteiger partial charge in [-0.2, -0.15) is 0 Å². The third-order valence-electron chi connectivity index (χ3n) is 4.99. The van der Waals surface area contributed by atoms with Gasteiger partial charge in [-0.05, 0) is 70.0 Å². The standard InChI is InChI=1S/C25H29NO5/c1-6-26(7-2)19-10-8-18(9-11-19)13-22-25(28)24-17(5)12-20(14-21(24)31-22)29-15-23(27)30-16(3)4/h8-14,16H,6-7,15H2,1-5H3/b22-13-. The second-order valence-corrected chi connectivity index (χ2v) is 7.64. The molecule has 1 aliphatic heterocycles. The number of ether oxygens (including phenoxy) is 3. The number of esters is 1. The predicted molar refractivity (Wildman–Crippen MR) is 121 cm³/mol. The Kier molecular flexibility index (Phi) is 7.00. The van der Waals surface area contributed by atoms with E-state index in [0.29, 0.717) is 17.1 Å². The molecular weight excluding hydrogens is 394 g/mol. The summed E-state index contributed by atoms with van der Waals surface area (Å²) in [6.07, 6.45) is 1.54. The summed E-state index contributed by atoms with van der Waals surface area (Å²) in [4.78, 5) is 26.8. The van der Waals surface area contributed by atoms with Gasteiger partial charge >= 0.3 is 5.97 Å². The van der Waals surface area contributed by atoms with Gasteiger partial charge in [-0.3, -0.25) is 4.79 Å². The van der Waals surface area contributed by atoms with Crippen LogP contribution in [0.15, 0.2) is 42.2 Å². The molecule has 0 saturated heterocycles. The van der Waals surface area contributed by atoms with Crippen molar-refractivity contribution in [2.24, 2.45) is 0 Å². The quantitative estimate of drug-likeness (QED) is 0.449. The Balaban J connectivity index is 1.76. The lowest BCUT2D eigenvalue weighted by Crippen LogP contribution is -2.21. The van der Waals surface area contributed by atoms with Crippen LogP contribution in [0.4, 0.5) is 5.69 Å².